The Kier molecular flexibility index (Phi) is 5.21. The van der Waals surface area contributed by atoms with Crippen molar-refractivity contribution in [2.45, 2.75) is 24.3 Å². The molecule has 0 aromatic rings. The highest BCUT2D eigenvalue weighted by Crippen LogP contribution is 2.16. The van der Waals surface area contributed by atoms with Crippen LogP contribution in [0.5, 0.6) is 0 Å². The Bertz CT molecular complexity index is 234. The van der Waals surface area contributed by atoms with E-state index in [0.717, 1.165) is 6.42 Å². The third-order valence-electron chi connectivity index (χ3n) is 2.16. The fourth-order valence-corrected chi connectivity index (χ4v) is 2.18. The average Bonchev–Trinajstić information content (AvgIpc) is 2.03. The highest BCUT2D eigenvalue weighted by Gasteiger charge is 2.27. The molecule has 4 nitrogen and oxygen atoms in total. The Morgan fingerprint density at radius 2 is 2.00 bits per heavy atom. The number of hydrogen-bond acceptors (Lipinski definition) is 4. The largest absolute Gasteiger partial charge is 0.362 e. The van der Waals surface area contributed by atoms with Gasteiger partial charge in [0, 0.05) is 6.26 Å². The third-order valence-corrected chi connectivity index (χ3v) is 3.74. The number of ether oxygens (including phenoxy) is 1. The Balaban J connectivity index is 0.00000144. The van der Waals surface area contributed by atoms with Gasteiger partial charge in [0.05, 0.1) is 11.9 Å². The van der Waals surface area contributed by atoms with Crippen LogP contribution >= 0.6 is 12.4 Å². The number of nitrogens with one attached hydrogen (secondary N) is 1. The zero-order valence-corrected chi connectivity index (χ0v) is 9.45. The maximum absolute atomic E-state index is 11.1. The molecule has 0 aromatic heterocycles. The van der Waals surface area contributed by atoms with E-state index >= 15 is 0 Å². The summed E-state index contributed by atoms with van der Waals surface area (Å²) in [5.74, 6) is 0. The van der Waals surface area contributed by atoms with Crippen LogP contribution in [0.1, 0.15) is 12.8 Å². The molecule has 80 valence electrons. The van der Waals surface area contributed by atoms with Gasteiger partial charge < -0.3 is 4.74 Å². The molecule has 2 atom stereocenters. The van der Waals surface area contributed by atoms with Crippen LogP contribution in [-0.2, 0) is 14.6 Å². The van der Waals surface area contributed by atoms with Crippen LogP contribution < -0.4 is 5.32 Å². The molecule has 0 radical (unpaired) electrons. The lowest BCUT2D eigenvalue weighted by Gasteiger charge is -2.27. The monoisotopic (exact) mass is 229 g/mol. The van der Waals surface area contributed by atoms with E-state index in [0.29, 0.717) is 13.0 Å². The van der Waals surface area contributed by atoms with Gasteiger partial charge in [0.2, 0.25) is 0 Å². The van der Waals surface area contributed by atoms with E-state index < -0.39 is 9.84 Å². The zero-order valence-electron chi connectivity index (χ0n) is 7.82. The van der Waals surface area contributed by atoms with Crippen molar-refractivity contribution in [1.82, 2.24) is 5.32 Å². The van der Waals surface area contributed by atoms with Gasteiger partial charge in [-0.05, 0) is 19.9 Å². The first kappa shape index (κ1) is 13.2. The third kappa shape index (κ3) is 3.81. The standard InChI is InChI=1S/C7H15NO3S.ClH/c1-8-7-4-3-6(5-11-7)12(2,9)10;/h6-8H,3-5H2,1-2H3;1H. The van der Waals surface area contributed by atoms with E-state index in [1.54, 1.807) is 0 Å². The molecule has 1 aliphatic heterocycles. The summed E-state index contributed by atoms with van der Waals surface area (Å²) in [4.78, 5) is 0. The van der Waals surface area contributed by atoms with Crippen LogP contribution in [0.2, 0.25) is 0 Å². The van der Waals surface area contributed by atoms with Crippen molar-refractivity contribution < 1.29 is 13.2 Å². The van der Waals surface area contributed by atoms with E-state index in [2.05, 4.69) is 5.32 Å². The molecule has 0 spiro atoms. The van der Waals surface area contributed by atoms with Gasteiger partial charge in [0.25, 0.3) is 0 Å². The minimum absolute atomic E-state index is 0. The molecule has 0 saturated carbocycles. The quantitative estimate of drug-likeness (QED) is 0.734. The minimum Gasteiger partial charge on any atom is -0.362 e. The topological polar surface area (TPSA) is 55.4 Å². The van der Waals surface area contributed by atoms with Crippen LogP contribution in [0, 0.1) is 0 Å². The highest BCUT2D eigenvalue weighted by atomic mass is 35.5. The summed E-state index contributed by atoms with van der Waals surface area (Å²) in [7, 11) is -1.10. The molecule has 1 fully saturated rings. The SMILES string of the molecule is CNC1CCC(S(C)(=O)=O)CO1.Cl. The van der Waals surface area contributed by atoms with Crippen molar-refractivity contribution in [2.24, 2.45) is 0 Å². The molecular weight excluding hydrogens is 214 g/mol. The molecule has 1 rings (SSSR count). The highest BCUT2D eigenvalue weighted by molar-refractivity contribution is 7.91. The summed E-state index contributed by atoms with van der Waals surface area (Å²) >= 11 is 0. The summed E-state index contributed by atoms with van der Waals surface area (Å²) in [6.07, 6.45) is 2.77. The molecule has 1 saturated heterocycles. The molecule has 0 amide bonds. The molecule has 1 N–H and O–H groups in total. The maximum atomic E-state index is 11.1. The Morgan fingerprint density at radius 3 is 2.31 bits per heavy atom. The molecule has 1 aliphatic rings. The van der Waals surface area contributed by atoms with E-state index in [-0.39, 0.29) is 23.9 Å². The second-order valence-electron chi connectivity index (χ2n) is 3.14. The second kappa shape index (κ2) is 5.14. The minimum atomic E-state index is -2.91. The van der Waals surface area contributed by atoms with Gasteiger partial charge in [-0.25, -0.2) is 8.42 Å². The predicted molar refractivity (Wildman–Crippen MR) is 53.9 cm³/mol. The van der Waals surface area contributed by atoms with Crippen LogP contribution in [0.4, 0.5) is 0 Å². The van der Waals surface area contributed by atoms with Gasteiger partial charge in [0.1, 0.15) is 6.23 Å². The normalized spacial score (nSPS) is 29.4. The van der Waals surface area contributed by atoms with Crippen molar-refractivity contribution in [2.75, 3.05) is 19.9 Å². The van der Waals surface area contributed by atoms with Crippen LogP contribution in [0.15, 0.2) is 0 Å². The molecule has 1 heterocycles. The van der Waals surface area contributed by atoms with Gasteiger partial charge >= 0.3 is 0 Å². The Labute approximate surface area is 85.4 Å². The van der Waals surface area contributed by atoms with E-state index in [9.17, 15) is 8.42 Å². The summed E-state index contributed by atoms with van der Waals surface area (Å²) in [6, 6.07) is 0. The molecule has 0 bridgehead atoms. The van der Waals surface area contributed by atoms with E-state index in [1.165, 1.54) is 6.26 Å². The van der Waals surface area contributed by atoms with Gasteiger partial charge in [0.15, 0.2) is 9.84 Å². The summed E-state index contributed by atoms with van der Waals surface area (Å²) in [5.41, 5.74) is 0. The van der Waals surface area contributed by atoms with Gasteiger partial charge in [-0.3, -0.25) is 5.32 Å². The van der Waals surface area contributed by atoms with Crippen molar-refractivity contribution in [1.29, 1.82) is 0 Å². The van der Waals surface area contributed by atoms with Crippen LogP contribution in [0.3, 0.4) is 0 Å². The maximum Gasteiger partial charge on any atom is 0.152 e. The van der Waals surface area contributed by atoms with Crippen molar-refractivity contribution >= 4 is 22.2 Å². The van der Waals surface area contributed by atoms with Crippen molar-refractivity contribution in [3.05, 3.63) is 0 Å². The fourth-order valence-electron chi connectivity index (χ4n) is 1.29. The molecular formula is C7H16ClNO3S. The second-order valence-corrected chi connectivity index (χ2v) is 5.47. The van der Waals surface area contributed by atoms with Gasteiger partial charge in [-0.2, -0.15) is 0 Å². The summed E-state index contributed by atoms with van der Waals surface area (Å²) in [5, 5.41) is 2.66. The smallest absolute Gasteiger partial charge is 0.152 e. The summed E-state index contributed by atoms with van der Waals surface area (Å²) < 4.78 is 27.4. The van der Waals surface area contributed by atoms with E-state index in [1.807, 2.05) is 7.05 Å². The van der Waals surface area contributed by atoms with Crippen LogP contribution in [0.25, 0.3) is 0 Å². The molecule has 0 aromatic carbocycles. The Morgan fingerprint density at radius 1 is 1.38 bits per heavy atom. The lowest BCUT2D eigenvalue weighted by atomic mass is 10.2. The lowest BCUT2D eigenvalue weighted by molar-refractivity contribution is 0.00186. The first-order chi connectivity index (χ1) is 5.54. The number of sulfone groups is 1. The number of hydrogen-bond donors (Lipinski definition) is 1. The Hall–Kier alpha value is 0.160. The molecule has 0 aliphatic carbocycles. The average molecular weight is 230 g/mol. The predicted octanol–water partition coefficient (Wildman–Crippen LogP) is 0.177. The number of rotatable bonds is 2. The van der Waals surface area contributed by atoms with Crippen molar-refractivity contribution in [3.63, 3.8) is 0 Å². The fraction of sp³-hybridized carbons (Fsp3) is 1.00. The van der Waals surface area contributed by atoms with E-state index in [4.69, 9.17) is 4.74 Å². The molecule has 2 unspecified atom stereocenters. The molecule has 13 heavy (non-hydrogen) atoms. The van der Waals surface area contributed by atoms with Crippen molar-refractivity contribution in [3.8, 4) is 0 Å². The zero-order chi connectivity index (χ0) is 9.19. The van der Waals surface area contributed by atoms with Gasteiger partial charge in [-0.1, -0.05) is 0 Å². The summed E-state index contributed by atoms with van der Waals surface area (Å²) in [6.45, 7) is 0.324. The molecule has 6 heteroatoms. The first-order valence-corrected chi connectivity index (χ1v) is 5.97. The number of halogens is 1. The lowest BCUT2D eigenvalue weighted by Crippen LogP contribution is -2.40. The van der Waals surface area contributed by atoms with Crippen LogP contribution in [-0.4, -0.2) is 39.8 Å². The van der Waals surface area contributed by atoms with Gasteiger partial charge in [-0.15, -0.1) is 12.4 Å². The first-order valence-electron chi connectivity index (χ1n) is 4.02.